The van der Waals surface area contributed by atoms with Crippen LogP contribution in [0.5, 0.6) is 0 Å². The predicted octanol–water partition coefficient (Wildman–Crippen LogP) is 4.42. The van der Waals surface area contributed by atoms with Crippen LogP contribution in [0, 0.1) is 13.8 Å². The van der Waals surface area contributed by atoms with E-state index in [2.05, 4.69) is 23.2 Å². The molecule has 1 aliphatic rings. The molecular formula is C18H19Cl2N3O. The molecule has 1 aromatic carbocycles. The van der Waals surface area contributed by atoms with Crippen molar-refractivity contribution in [2.45, 2.75) is 32.6 Å². The Hall–Kier alpha value is -1.65. The van der Waals surface area contributed by atoms with Gasteiger partial charge >= 0.3 is 0 Å². The first-order chi connectivity index (χ1) is 11.5. The maximum absolute atomic E-state index is 12.8. The minimum atomic E-state index is -0.0747. The third-order valence-electron chi connectivity index (χ3n) is 4.48. The molecule has 1 atom stereocenters. The molecule has 0 radical (unpaired) electrons. The van der Waals surface area contributed by atoms with Crippen LogP contribution in [0.3, 0.4) is 0 Å². The summed E-state index contributed by atoms with van der Waals surface area (Å²) in [6.45, 7) is 5.28. The second kappa shape index (κ2) is 7.08. The number of hydrogen-bond acceptors (Lipinski definition) is 3. The van der Waals surface area contributed by atoms with E-state index in [-0.39, 0.29) is 11.1 Å². The lowest BCUT2D eigenvalue weighted by Crippen LogP contribution is -2.39. The van der Waals surface area contributed by atoms with E-state index < -0.39 is 0 Å². The van der Waals surface area contributed by atoms with Crippen molar-refractivity contribution >= 4 is 29.1 Å². The minimum absolute atomic E-state index is 0.0747. The molecule has 2 aromatic rings. The fourth-order valence-electron chi connectivity index (χ4n) is 3.31. The van der Waals surface area contributed by atoms with Crippen molar-refractivity contribution in [3.05, 3.63) is 56.8 Å². The van der Waals surface area contributed by atoms with Gasteiger partial charge in [-0.15, -0.1) is 5.10 Å². The van der Waals surface area contributed by atoms with Gasteiger partial charge in [-0.05, 0) is 56.0 Å². The van der Waals surface area contributed by atoms with Crippen LogP contribution in [-0.2, 0) is 0 Å². The summed E-state index contributed by atoms with van der Waals surface area (Å²) in [5.74, 6) is 0.240. The number of aryl methyl sites for hydroxylation is 2. The van der Waals surface area contributed by atoms with Gasteiger partial charge in [0.2, 0.25) is 0 Å². The van der Waals surface area contributed by atoms with Crippen LogP contribution in [0.2, 0.25) is 10.2 Å². The number of halogens is 2. The zero-order chi connectivity index (χ0) is 17.3. The molecular weight excluding hydrogens is 345 g/mol. The monoisotopic (exact) mass is 363 g/mol. The average molecular weight is 364 g/mol. The third-order valence-corrected chi connectivity index (χ3v) is 5.00. The average Bonchev–Trinajstić information content (AvgIpc) is 2.56. The standard InChI is InChI=1S/C18H19Cl2N3O/c1-11-8-14(19)5-6-15(11)13-4-3-7-23(10-13)18(24)16-9-12(2)21-22-17(16)20/h5-6,8-9,13H,3-4,7,10H2,1-2H3. The Bertz CT molecular complexity index is 779. The van der Waals surface area contributed by atoms with Crippen molar-refractivity contribution in [1.82, 2.24) is 15.1 Å². The van der Waals surface area contributed by atoms with Crippen molar-refractivity contribution in [2.24, 2.45) is 0 Å². The molecule has 3 rings (SSSR count). The summed E-state index contributed by atoms with van der Waals surface area (Å²) < 4.78 is 0. The summed E-state index contributed by atoms with van der Waals surface area (Å²) in [5.41, 5.74) is 3.54. The molecule has 6 heteroatoms. The Morgan fingerprint density at radius 1 is 1.21 bits per heavy atom. The molecule has 1 aromatic heterocycles. The molecule has 0 bridgehead atoms. The van der Waals surface area contributed by atoms with Crippen molar-refractivity contribution in [3.63, 3.8) is 0 Å². The van der Waals surface area contributed by atoms with Crippen molar-refractivity contribution < 1.29 is 4.79 Å². The molecule has 1 unspecified atom stereocenters. The first kappa shape index (κ1) is 17.2. The van der Waals surface area contributed by atoms with E-state index in [1.54, 1.807) is 13.0 Å². The van der Waals surface area contributed by atoms with E-state index in [0.717, 1.165) is 24.4 Å². The highest BCUT2D eigenvalue weighted by Gasteiger charge is 2.27. The highest BCUT2D eigenvalue weighted by Crippen LogP contribution is 2.31. The Kier molecular flexibility index (Phi) is 5.07. The fraction of sp³-hybridized carbons (Fsp3) is 0.389. The smallest absolute Gasteiger partial charge is 0.257 e. The Labute approximate surface area is 151 Å². The number of benzene rings is 1. The zero-order valence-corrected chi connectivity index (χ0v) is 15.2. The topological polar surface area (TPSA) is 46.1 Å². The zero-order valence-electron chi connectivity index (χ0n) is 13.7. The molecule has 0 aliphatic carbocycles. The predicted molar refractivity (Wildman–Crippen MR) is 95.8 cm³/mol. The first-order valence-corrected chi connectivity index (χ1v) is 8.76. The summed E-state index contributed by atoms with van der Waals surface area (Å²) in [4.78, 5) is 14.7. The van der Waals surface area contributed by atoms with Crippen LogP contribution >= 0.6 is 23.2 Å². The Morgan fingerprint density at radius 3 is 2.75 bits per heavy atom. The SMILES string of the molecule is Cc1cc(C(=O)N2CCCC(c3ccc(Cl)cc3C)C2)c(Cl)nn1. The number of likely N-dealkylation sites (tertiary alicyclic amines) is 1. The molecule has 0 N–H and O–H groups in total. The largest absolute Gasteiger partial charge is 0.338 e. The molecule has 1 aliphatic heterocycles. The Balaban J connectivity index is 1.82. The second-order valence-corrected chi connectivity index (χ2v) is 7.08. The Morgan fingerprint density at radius 2 is 2.00 bits per heavy atom. The summed E-state index contributed by atoms with van der Waals surface area (Å²) in [6.07, 6.45) is 2.03. The summed E-state index contributed by atoms with van der Waals surface area (Å²) in [7, 11) is 0. The van der Waals surface area contributed by atoms with E-state index >= 15 is 0 Å². The van der Waals surface area contributed by atoms with E-state index in [1.165, 1.54) is 11.1 Å². The number of carbonyl (C=O) groups is 1. The number of rotatable bonds is 2. The van der Waals surface area contributed by atoms with Crippen LogP contribution in [0.25, 0.3) is 0 Å². The number of piperidine rings is 1. The molecule has 4 nitrogen and oxygen atoms in total. The molecule has 2 heterocycles. The van der Waals surface area contributed by atoms with Gasteiger partial charge in [-0.25, -0.2) is 0 Å². The molecule has 0 spiro atoms. The quantitative estimate of drug-likeness (QED) is 0.793. The molecule has 1 amide bonds. The van der Waals surface area contributed by atoms with Crippen LogP contribution in [0.4, 0.5) is 0 Å². The molecule has 126 valence electrons. The van der Waals surface area contributed by atoms with Crippen LogP contribution < -0.4 is 0 Å². The fourth-order valence-corrected chi connectivity index (χ4v) is 3.71. The maximum atomic E-state index is 12.8. The van der Waals surface area contributed by atoms with Gasteiger partial charge < -0.3 is 4.90 Å². The highest BCUT2D eigenvalue weighted by atomic mass is 35.5. The number of amides is 1. The van der Waals surface area contributed by atoms with Crippen molar-refractivity contribution in [3.8, 4) is 0 Å². The second-order valence-electron chi connectivity index (χ2n) is 6.28. The van der Waals surface area contributed by atoms with Gasteiger partial charge in [-0.1, -0.05) is 29.3 Å². The van der Waals surface area contributed by atoms with Crippen LogP contribution in [-0.4, -0.2) is 34.1 Å². The number of aromatic nitrogens is 2. The van der Waals surface area contributed by atoms with Crippen LogP contribution in [0.15, 0.2) is 24.3 Å². The summed E-state index contributed by atoms with van der Waals surface area (Å²) in [6, 6.07) is 7.67. The lowest BCUT2D eigenvalue weighted by atomic mass is 9.88. The van der Waals surface area contributed by atoms with Crippen molar-refractivity contribution in [2.75, 3.05) is 13.1 Å². The number of hydrogen-bond donors (Lipinski definition) is 0. The normalized spacial score (nSPS) is 17.8. The van der Waals surface area contributed by atoms with Gasteiger partial charge in [0.25, 0.3) is 5.91 Å². The maximum Gasteiger partial charge on any atom is 0.257 e. The molecule has 1 saturated heterocycles. The number of nitrogens with zero attached hydrogens (tertiary/aromatic N) is 3. The molecule has 0 saturated carbocycles. The van der Waals surface area contributed by atoms with Gasteiger partial charge in [0.15, 0.2) is 5.15 Å². The van der Waals surface area contributed by atoms with E-state index in [4.69, 9.17) is 23.2 Å². The van der Waals surface area contributed by atoms with Gasteiger partial charge in [0.05, 0.1) is 11.3 Å². The molecule has 1 fully saturated rings. The van der Waals surface area contributed by atoms with E-state index in [1.807, 2.05) is 17.0 Å². The lowest BCUT2D eigenvalue weighted by Gasteiger charge is -2.34. The number of carbonyl (C=O) groups excluding carboxylic acids is 1. The van der Waals surface area contributed by atoms with Gasteiger partial charge in [-0.2, -0.15) is 5.10 Å². The highest BCUT2D eigenvalue weighted by molar-refractivity contribution is 6.32. The first-order valence-electron chi connectivity index (χ1n) is 8.01. The van der Waals surface area contributed by atoms with E-state index in [9.17, 15) is 4.79 Å². The summed E-state index contributed by atoms with van der Waals surface area (Å²) >= 11 is 12.1. The lowest BCUT2D eigenvalue weighted by molar-refractivity contribution is 0.0706. The van der Waals surface area contributed by atoms with Crippen LogP contribution in [0.1, 0.15) is 45.9 Å². The third kappa shape index (κ3) is 3.55. The molecule has 24 heavy (non-hydrogen) atoms. The minimum Gasteiger partial charge on any atom is -0.338 e. The van der Waals surface area contributed by atoms with Gasteiger partial charge in [0, 0.05) is 24.0 Å². The van der Waals surface area contributed by atoms with E-state index in [0.29, 0.717) is 23.7 Å². The van der Waals surface area contributed by atoms with Gasteiger partial charge in [0.1, 0.15) is 0 Å². The van der Waals surface area contributed by atoms with Crippen molar-refractivity contribution in [1.29, 1.82) is 0 Å². The summed E-state index contributed by atoms with van der Waals surface area (Å²) in [5, 5.41) is 8.64. The van der Waals surface area contributed by atoms with Gasteiger partial charge in [-0.3, -0.25) is 4.79 Å².